The van der Waals surface area contributed by atoms with Crippen molar-refractivity contribution in [2.75, 3.05) is 0 Å². The van der Waals surface area contributed by atoms with Crippen molar-refractivity contribution >= 4 is 0 Å². The average molecular weight is 232 g/mol. The minimum absolute atomic E-state index is 0.0544. The fourth-order valence-electron chi connectivity index (χ4n) is 1.96. The van der Waals surface area contributed by atoms with Gasteiger partial charge in [0.1, 0.15) is 5.75 Å². The Bertz CT molecular complexity index is 688. The molecule has 88 valence electrons. The van der Waals surface area contributed by atoms with Crippen molar-refractivity contribution in [1.29, 1.82) is 0 Å². The lowest BCUT2D eigenvalue weighted by Gasteiger charge is -2.14. The summed E-state index contributed by atoms with van der Waals surface area (Å²) in [5.74, 6) is -0.313. The molecule has 2 aromatic rings. The molecule has 0 aliphatic carbocycles. The van der Waals surface area contributed by atoms with Crippen molar-refractivity contribution in [3.05, 3.63) is 43.2 Å². The van der Waals surface area contributed by atoms with E-state index < -0.39 is 16.6 Å². The number of rotatable bonds is 1. The highest BCUT2D eigenvalue weighted by atomic mass is 16.3. The molecule has 0 saturated heterocycles. The van der Waals surface area contributed by atoms with Gasteiger partial charge in [-0.1, -0.05) is 0 Å². The molecule has 0 spiro atoms. The van der Waals surface area contributed by atoms with Gasteiger partial charge in [0.25, 0.3) is 5.43 Å². The molecular weight excluding hydrogens is 220 g/mol. The van der Waals surface area contributed by atoms with Crippen LogP contribution in [0.4, 0.5) is 0 Å². The molecule has 0 bridgehead atoms. The molecule has 0 amide bonds. The van der Waals surface area contributed by atoms with Crippen molar-refractivity contribution < 1.29 is 10.2 Å². The average Bonchev–Trinajstić information content (AvgIpc) is 2.32. The molecular formula is C13H12O4. The van der Waals surface area contributed by atoms with Crippen molar-refractivity contribution in [2.45, 2.75) is 20.8 Å². The lowest BCUT2D eigenvalue weighted by Crippen LogP contribution is -2.32. The predicted molar refractivity (Wildman–Crippen MR) is 64.3 cm³/mol. The number of hydrogen-bond acceptors (Lipinski definition) is 4. The van der Waals surface area contributed by atoms with Crippen molar-refractivity contribution in [3.63, 3.8) is 0 Å². The van der Waals surface area contributed by atoms with E-state index >= 15 is 0 Å². The van der Waals surface area contributed by atoms with Crippen LogP contribution >= 0.6 is 0 Å². The highest BCUT2D eigenvalue weighted by molar-refractivity contribution is 5.78. The van der Waals surface area contributed by atoms with E-state index in [1.54, 1.807) is 26.8 Å². The zero-order valence-electron chi connectivity index (χ0n) is 9.79. The summed E-state index contributed by atoms with van der Waals surface area (Å²) in [7, 11) is 0. The second-order valence-corrected chi connectivity index (χ2v) is 4.22. The SMILES string of the molecule is Cc1cc(-c2c(O)c(=O)c2=O)c(C)c(C)c1O. The van der Waals surface area contributed by atoms with Gasteiger partial charge in [-0.15, -0.1) is 0 Å². The molecule has 0 unspecified atom stereocenters. The molecule has 0 aliphatic heterocycles. The van der Waals surface area contributed by atoms with E-state index in [2.05, 4.69) is 0 Å². The minimum atomic E-state index is -0.845. The van der Waals surface area contributed by atoms with E-state index in [0.29, 0.717) is 22.3 Å². The maximum Gasteiger partial charge on any atom is 0.268 e. The third kappa shape index (κ3) is 1.37. The van der Waals surface area contributed by atoms with Crippen molar-refractivity contribution in [2.24, 2.45) is 0 Å². The Balaban J connectivity index is 2.79. The highest BCUT2D eigenvalue weighted by Gasteiger charge is 2.24. The van der Waals surface area contributed by atoms with Crippen LogP contribution in [0.1, 0.15) is 16.7 Å². The maximum atomic E-state index is 11.4. The van der Waals surface area contributed by atoms with Gasteiger partial charge < -0.3 is 10.2 Å². The van der Waals surface area contributed by atoms with Gasteiger partial charge in [0.15, 0.2) is 5.75 Å². The number of hydrogen-bond donors (Lipinski definition) is 2. The third-order valence-electron chi connectivity index (χ3n) is 3.21. The first kappa shape index (κ1) is 11.4. The Hall–Kier alpha value is -2.10. The Morgan fingerprint density at radius 2 is 1.47 bits per heavy atom. The summed E-state index contributed by atoms with van der Waals surface area (Å²) in [6, 6.07) is 1.60. The van der Waals surface area contributed by atoms with Gasteiger partial charge in [0, 0.05) is 0 Å². The monoisotopic (exact) mass is 232 g/mol. The Morgan fingerprint density at radius 1 is 0.882 bits per heavy atom. The van der Waals surface area contributed by atoms with Gasteiger partial charge in [-0.3, -0.25) is 9.59 Å². The molecule has 0 aromatic heterocycles. The molecule has 4 heteroatoms. The Labute approximate surface area is 97.5 Å². The number of phenols is 1. The lowest BCUT2D eigenvalue weighted by molar-refractivity contribution is 0.463. The van der Waals surface area contributed by atoms with Crippen LogP contribution in [0.2, 0.25) is 0 Å². The van der Waals surface area contributed by atoms with Gasteiger partial charge in [0.05, 0.1) is 5.56 Å². The van der Waals surface area contributed by atoms with Gasteiger partial charge in [0.2, 0.25) is 5.43 Å². The fraction of sp³-hybridized carbons (Fsp3) is 0.231. The van der Waals surface area contributed by atoms with Crippen molar-refractivity contribution in [1.82, 2.24) is 0 Å². The molecule has 2 N–H and O–H groups in total. The van der Waals surface area contributed by atoms with Gasteiger partial charge in [-0.25, -0.2) is 0 Å². The number of benzene rings is 1. The maximum absolute atomic E-state index is 11.4. The first-order valence-corrected chi connectivity index (χ1v) is 5.18. The summed E-state index contributed by atoms with van der Waals surface area (Å²) in [4.78, 5) is 22.4. The second kappa shape index (κ2) is 3.45. The van der Waals surface area contributed by atoms with E-state index in [4.69, 9.17) is 0 Å². The van der Waals surface area contributed by atoms with E-state index in [-0.39, 0.29) is 11.3 Å². The third-order valence-corrected chi connectivity index (χ3v) is 3.21. The van der Waals surface area contributed by atoms with Crippen LogP contribution in [-0.4, -0.2) is 10.2 Å². The van der Waals surface area contributed by atoms with Gasteiger partial charge in [-0.2, -0.15) is 0 Å². The van der Waals surface area contributed by atoms with Gasteiger partial charge >= 0.3 is 0 Å². The summed E-state index contributed by atoms with van der Waals surface area (Å²) in [5, 5.41) is 19.2. The van der Waals surface area contributed by atoms with E-state index in [1.807, 2.05) is 0 Å². The van der Waals surface area contributed by atoms with E-state index in [0.717, 1.165) is 0 Å². The molecule has 0 aliphatic rings. The highest BCUT2D eigenvalue weighted by Crippen LogP contribution is 2.35. The zero-order valence-corrected chi connectivity index (χ0v) is 9.79. The largest absolute Gasteiger partial charge is 0.507 e. The van der Waals surface area contributed by atoms with Crippen LogP contribution in [0.3, 0.4) is 0 Å². The van der Waals surface area contributed by atoms with Crippen LogP contribution < -0.4 is 10.9 Å². The molecule has 0 heterocycles. The fourth-order valence-corrected chi connectivity index (χ4v) is 1.96. The summed E-state index contributed by atoms with van der Waals surface area (Å²) in [5.41, 5.74) is 0.995. The molecule has 17 heavy (non-hydrogen) atoms. The summed E-state index contributed by atoms with van der Waals surface area (Å²) >= 11 is 0. The molecule has 0 saturated carbocycles. The molecule has 0 atom stereocenters. The Kier molecular flexibility index (Phi) is 2.31. The zero-order chi connectivity index (χ0) is 12.9. The van der Waals surface area contributed by atoms with Crippen LogP contribution in [0.15, 0.2) is 15.7 Å². The van der Waals surface area contributed by atoms with Crippen LogP contribution in [-0.2, 0) is 0 Å². The lowest BCUT2D eigenvalue weighted by atomic mass is 9.91. The summed E-state index contributed by atoms with van der Waals surface area (Å²) in [6.07, 6.45) is 0. The predicted octanol–water partition coefficient (Wildman–Crippen LogP) is 1.29. The summed E-state index contributed by atoms with van der Waals surface area (Å²) < 4.78 is 0. The first-order chi connectivity index (χ1) is 7.86. The minimum Gasteiger partial charge on any atom is -0.507 e. The van der Waals surface area contributed by atoms with Crippen LogP contribution in [0, 0.1) is 20.8 Å². The first-order valence-electron chi connectivity index (χ1n) is 5.18. The molecule has 0 radical (unpaired) electrons. The Morgan fingerprint density at radius 3 is 2.00 bits per heavy atom. The van der Waals surface area contributed by atoms with E-state index in [1.165, 1.54) is 0 Å². The van der Waals surface area contributed by atoms with Crippen LogP contribution in [0.5, 0.6) is 11.5 Å². The molecule has 0 fully saturated rings. The summed E-state index contributed by atoms with van der Waals surface area (Å²) in [6.45, 7) is 5.16. The number of aryl methyl sites for hydroxylation is 1. The quantitative estimate of drug-likeness (QED) is 0.726. The molecule has 2 aromatic carbocycles. The van der Waals surface area contributed by atoms with Crippen LogP contribution in [0.25, 0.3) is 11.1 Å². The normalized spacial score (nSPS) is 11.0. The van der Waals surface area contributed by atoms with E-state index in [9.17, 15) is 19.8 Å². The molecule has 2 rings (SSSR count). The molecule has 4 nitrogen and oxygen atoms in total. The number of aromatic hydroxyl groups is 2. The van der Waals surface area contributed by atoms with Gasteiger partial charge in [-0.05, 0) is 49.1 Å². The number of phenolic OH excluding ortho intramolecular Hbond substituents is 1. The standard InChI is InChI=1S/C13H12O4/c1-5-4-8(6(2)7(3)10(5)14)9-11(15)13(17)12(9)16/h4,14-15H,1-3H3. The second-order valence-electron chi connectivity index (χ2n) is 4.22. The van der Waals surface area contributed by atoms with Crippen molar-refractivity contribution in [3.8, 4) is 22.6 Å². The smallest absolute Gasteiger partial charge is 0.268 e. The topological polar surface area (TPSA) is 74.6 Å².